The van der Waals surface area contributed by atoms with E-state index in [-0.39, 0.29) is 0 Å². The number of hydrogen-bond acceptors (Lipinski definition) is 3. The third-order valence-electron chi connectivity index (χ3n) is 3.35. The molecule has 1 aromatic carbocycles. The zero-order valence-electron chi connectivity index (χ0n) is 10.1. The summed E-state index contributed by atoms with van der Waals surface area (Å²) in [5.41, 5.74) is 1.64. The Balaban J connectivity index is 1.96. The molecule has 1 heterocycles. The van der Waals surface area contributed by atoms with Crippen LogP contribution in [0, 0.1) is 17.2 Å². The Bertz CT molecular complexity index is 411. The van der Waals surface area contributed by atoms with E-state index < -0.39 is 0 Å². The molecule has 1 saturated heterocycles. The topological polar surface area (TPSA) is 45.0 Å². The minimum atomic E-state index is 0.372. The maximum Gasteiger partial charge on any atom is 0.101 e. The molecule has 3 nitrogen and oxygen atoms in total. The molecule has 1 aliphatic rings. The van der Waals surface area contributed by atoms with E-state index >= 15 is 0 Å². The normalized spacial score (nSPS) is 23.3. The molecule has 0 saturated carbocycles. The third-order valence-corrected chi connectivity index (χ3v) is 3.35. The first-order valence-electron chi connectivity index (χ1n) is 6.19. The Morgan fingerprint density at radius 2 is 2.29 bits per heavy atom. The molecule has 1 N–H and O–H groups in total. The lowest BCUT2D eigenvalue weighted by Gasteiger charge is -2.18. The Morgan fingerprint density at radius 1 is 1.47 bits per heavy atom. The predicted octanol–water partition coefficient (Wildman–Crippen LogP) is 2.79. The first-order chi connectivity index (χ1) is 8.35. The second kappa shape index (κ2) is 5.70. The van der Waals surface area contributed by atoms with Crippen molar-refractivity contribution < 1.29 is 4.74 Å². The van der Waals surface area contributed by atoms with Crippen LogP contribution in [0.25, 0.3) is 0 Å². The summed E-state index contributed by atoms with van der Waals surface area (Å²) in [6.07, 6.45) is 2.55. The van der Waals surface area contributed by atoms with Gasteiger partial charge < -0.3 is 10.1 Å². The molecule has 2 atom stereocenters. The van der Waals surface area contributed by atoms with Crippen LogP contribution < -0.4 is 5.32 Å². The number of ether oxygens (including phenoxy) is 1. The SMILES string of the molecule is CCC1OCCC1CNc1ccccc1C#N. The van der Waals surface area contributed by atoms with Crippen molar-refractivity contribution >= 4 is 5.69 Å². The predicted molar refractivity (Wildman–Crippen MR) is 67.8 cm³/mol. The summed E-state index contributed by atoms with van der Waals surface area (Å²) in [5.74, 6) is 0.562. The molecule has 1 aliphatic heterocycles. The van der Waals surface area contributed by atoms with E-state index in [9.17, 15) is 0 Å². The fourth-order valence-electron chi connectivity index (χ4n) is 2.35. The number of para-hydroxylation sites is 1. The van der Waals surface area contributed by atoms with Gasteiger partial charge in [0.1, 0.15) is 6.07 Å². The van der Waals surface area contributed by atoms with Gasteiger partial charge in [-0.05, 0) is 25.0 Å². The second-order valence-corrected chi connectivity index (χ2v) is 4.40. The van der Waals surface area contributed by atoms with Crippen LogP contribution in [0.4, 0.5) is 5.69 Å². The Kier molecular flexibility index (Phi) is 4.00. The van der Waals surface area contributed by atoms with Gasteiger partial charge in [-0.15, -0.1) is 0 Å². The highest BCUT2D eigenvalue weighted by molar-refractivity contribution is 5.57. The van der Waals surface area contributed by atoms with Crippen molar-refractivity contribution in [2.45, 2.75) is 25.9 Å². The molecule has 0 aromatic heterocycles. The molecule has 0 bridgehead atoms. The van der Waals surface area contributed by atoms with Crippen molar-refractivity contribution in [3.05, 3.63) is 29.8 Å². The minimum Gasteiger partial charge on any atom is -0.384 e. The van der Waals surface area contributed by atoms with Gasteiger partial charge in [-0.25, -0.2) is 0 Å². The van der Waals surface area contributed by atoms with Crippen LogP contribution in [0.1, 0.15) is 25.3 Å². The fourth-order valence-corrected chi connectivity index (χ4v) is 2.35. The quantitative estimate of drug-likeness (QED) is 0.865. The molecule has 3 heteroatoms. The van der Waals surface area contributed by atoms with E-state index in [1.54, 1.807) is 0 Å². The standard InChI is InChI=1S/C14H18N2O/c1-2-14-12(7-8-17-14)10-16-13-6-4-3-5-11(13)9-15/h3-6,12,14,16H,2,7-8,10H2,1H3. The first-order valence-corrected chi connectivity index (χ1v) is 6.19. The summed E-state index contributed by atoms with van der Waals surface area (Å²) in [6.45, 7) is 3.91. The van der Waals surface area contributed by atoms with Crippen LogP contribution in [-0.2, 0) is 4.74 Å². The van der Waals surface area contributed by atoms with Gasteiger partial charge in [-0.3, -0.25) is 0 Å². The molecule has 1 fully saturated rings. The van der Waals surface area contributed by atoms with E-state index in [1.807, 2.05) is 24.3 Å². The zero-order valence-corrected chi connectivity index (χ0v) is 10.1. The van der Waals surface area contributed by atoms with Gasteiger partial charge >= 0.3 is 0 Å². The van der Waals surface area contributed by atoms with E-state index in [0.717, 1.165) is 31.7 Å². The molecular formula is C14H18N2O. The van der Waals surface area contributed by atoms with Crippen molar-refractivity contribution in [3.63, 3.8) is 0 Å². The van der Waals surface area contributed by atoms with Gasteiger partial charge in [0.2, 0.25) is 0 Å². The summed E-state index contributed by atoms with van der Waals surface area (Å²) >= 11 is 0. The molecule has 2 rings (SSSR count). The van der Waals surface area contributed by atoms with Crippen LogP contribution in [0.5, 0.6) is 0 Å². The maximum absolute atomic E-state index is 8.99. The second-order valence-electron chi connectivity index (χ2n) is 4.40. The lowest BCUT2D eigenvalue weighted by atomic mass is 9.99. The molecule has 90 valence electrons. The maximum atomic E-state index is 8.99. The monoisotopic (exact) mass is 230 g/mol. The third kappa shape index (κ3) is 2.78. The Hall–Kier alpha value is -1.53. The van der Waals surface area contributed by atoms with Crippen LogP contribution >= 0.6 is 0 Å². The van der Waals surface area contributed by atoms with Gasteiger partial charge in [0.15, 0.2) is 0 Å². The first kappa shape index (κ1) is 11.9. The van der Waals surface area contributed by atoms with Crippen LogP contribution in [0.2, 0.25) is 0 Å². The number of nitriles is 1. The van der Waals surface area contributed by atoms with Crippen molar-refractivity contribution in [1.29, 1.82) is 5.26 Å². The van der Waals surface area contributed by atoms with E-state index in [1.165, 1.54) is 0 Å². The number of nitrogens with zero attached hydrogens (tertiary/aromatic N) is 1. The largest absolute Gasteiger partial charge is 0.384 e. The van der Waals surface area contributed by atoms with Gasteiger partial charge in [0, 0.05) is 19.1 Å². The average Bonchev–Trinajstić information content (AvgIpc) is 2.84. The van der Waals surface area contributed by atoms with Crippen molar-refractivity contribution in [2.24, 2.45) is 5.92 Å². The fraction of sp³-hybridized carbons (Fsp3) is 0.500. The van der Waals surface area contributed by atoms with E-state index in [0.29, 0.717) is 17.6 Å². The Morgan fingerprint density at radius 3 is 3.06 bits per heavy atom. The van der Waals surface area contributed by atoms with E-state index in [2.05, 4.69) is 18.3 Å². The summed E-state index contributed by atoms with van der Waals surface area (Å²) < 4.78 is 5.65. The molecule has 0 amide bonds. The molecule has 0 aliphatic carbocycles. The smallest absolute Gasteiger partial charge is 0.101 e. The summed E-state index contributed by atoms with van der Waals surface area (Å²) in [7, 11) is 0. The lowest BCUT2D eigenvalue weighted by molar-refractivity contribution is 0.0900. The highest BCUT2D eigenvalue weighted by Gasteiger charge is 2.26. The van der Waals surface area contributed by atoms with Gasteiger partial charge in [0.25, 0.3) is 0 Å². The highest BCUT2D eigenvalue weighted by Crippen LogP contribution is 2.24. The number of anilines is 1. The summed E-state index contributed by atoms with van der Waals surface area (Å²) in [5, 5.41) is 12.4. The summed E-state index contributed by atoms with van der Waals surface area (Å²) in [4.78, 5) is 0. The molecular weight excluding hydrogens is 212 g/mol. The molecule has 2 unspecified atom stereocenters. The molecule has 1 aromatic rings. The molecule has 0 spiro atoms. The molecule has 0 radical (unpaired) electrons. The van der Waals surface area contributed by atoms with Crippen LogP contribution in [-0.4, -0.2) is 19.3 Å². The summed E-state index contributed by atoms with van der Waals surface area (Å²) in [6, 6.07) is 9.83. The van der Waals surface area contributed by atoms with Crippen LogP contribution in [0.3, 0.4) is 0 Å². The number of rotatable bonds is 4. The Labute approximate surface area is 102 Å². The minimum absolute atomic E-state index is 0.372. The van der Waals surface area contributed by atoms with Gasteiger partial charge in [0.05, 0.1) is 17.4 Å². The zero-order chi connectivity index (χ0) is 12.1. The average molecular weight is 230 g/mol. The van der Waals surface area contributed by atoms with Gasteiger partial charge in [-0.2, -0.15) is 5.26 Å². The van der Waals surface area contributed by atoms with Crippen molar-refractivity contribution in [3.8, 4) is 6.07 Å². The lowest BCUT2D eigenvalue weighted by Crippen LogP contribution is -2.23. The molecule has 17 heavy (non-hydrogen) atoms. The van der Waals surface area contributed by atoms with Crippen molar-refractivity contribution in [2.75, 3.05) is 18.5 Å². The number of benzene rings is 1. The number of nitrogens with one attached hydrogen (secondary N) is 1. The number of hydrogen-bond donors (Lipinski definition) is 1. The van der Waals surface area contributed by atoms with Crippen LogP contribution in [0.15, 0.2) is 24.3 Å². The van der Waals surface area contributed by atoms with Crippen molar-refractivity contribution in [1.82, 2.24) is 0 Å². The van der Waals surface area contributed by atoms with E-state index in [4.69, 9.17) is 10.00 Å². The highest BCUT2D eigenvalue weighted by atomic mass is 16.5. The van der Waals surface area contributed by atoms with Gasteiger partial charge in [-0.1, -0.05) is 19.1 Å².